The maximum Gasteiger partial charge on any atom is 0.223 e. The van der Waals surface area contributed by atoms with Crippen molar-refractivity contribution in [3.8, 4) is 0 Å². The molecule has 0 bridgehead atoms. The average Bonchev–Trinajstić information content (AvgIpc) is 2.31. The molecule has 0 N–H and O–H groups in total. The van der Waals surface area contributed by atoms with Gasteiger partial charge in [0, 0.05) is 24.3 Å². The molecule has 2 aliphatic rings. The van der Waals surface area contributed by atoms with Gasteiger partial charge in [0.25, 0.3) is 0 Å². The van der Waals surface area contributed by atoms with Crippen LogP contribution in [0.15, 0.2) is 0 Å². The van der Waals surface area contributed by atoms with E-state index in [2.05, 4.69) is 20.8 Å². The Labute approximate surface area is 113 Å². The van der Waals surface area contributed by atoms with E-state index in [0.717, 1.165) is 18.3 Å². The average molecular weight is 302 g/mol. The maximum absolute atomic E-state index is 12.3. The monoisotopic (exact) mass is 301 g/mol. The second kappa shape index (κ2) is 6.77. The molecule has 0 radical (unpaired) electrons. The SMILES string of the molecule is O=C(CC1CCC1)N(CCBr)C1CCCCC1. The van der Waals surface area contributed by atoms with E-state index in [1.165, 1.54) is 51.4 Å². The highest BCUT2D eigenvalue weighted by Crippen LogP contribution is 2.31. The van der Waals surface area contributed by atoms with Crippen LogP contribution in [0.4, 0.5) is 0 Å². The number of carbonyl (C=O) groups is 1. The van der Waals surface area contributed by atoms with Crippen molar-refractivity contribution in [2.75, 3.05) is 11.9 Å². The van der Waals surface area contributed by atoms with Crippen LogP contribution in [0, 0.1) is 5.92 Å². The standard InChI is InChI=1S/C14H24BrNO/c15-9-10-16(13-7-2-1-3-8-13)14(17)11-12-5-4-6-12/h12-13H,1-11H2. The molecule has 0 atom stereocenters. The van der Waals surface area contributed by atoms with Crippen LogP contribution in [-0.2, 0) is 4.79 Å². The number of nitrogens with zero attached hydrogens (tertiary/aromatic N) is 1. The zero-order chi connectivity index (χ0) is 12.1. The number of carbonyl (C=O) groups excluding carboxylic acids is 1. The third-order valence-corrected chi connectivity index (χ3v) is 4.70. The summed E-state index contributed by atoms with van der Waals surface area (Å²) >= 11 is 3.49. The van der Waals surface area contributed by atoms with Crippen LogP contribution in [0.1, 0.15) is 57.8 Å². The molecule has 2 aliphatic carbocycles. The summed E-state index contributed by atoms with van der Waals surface area (Å²) in [4.78, 5) is 14.5. The van der Waals surface area contributed by atoms with Crippen LogP contribution in [-0.4, -0.2) is 28.7 Å². The van der Waals surface area contributed by atoms with Crippen molar-refractivity contribution in [3.05, 3.63) is 0 Å². The zero-order valence-electron chi connectivity index (χ0n) is 10.7. The molecule has 2 nitrogen and oxygen atoms in total. The van der Waals surface area contributed by atoms with Gasteiger partial charge >= 0.3 is 0 Å². The molecule has 0 aliphatic heterocycles. The smallest absolute Gasteiger partial charge is 0.223 e. The van der Waals surface area contributed by atoms with Gasteiger partial charge in [-0.15, -0.1) is 0 Å². The fourth-order valence-electron chi connectivity index (χ4n) is 3.06. The first-order chi connectivity index (χ1) is 8.31. The lowest BCUT2D eigenvalue weighted by atomic mass is 9.82. The molecule has 3 heteroatoms. The second-order valence-corrected chi connectivity index (χ2v) is 6.36. The summed E-state index contributed by atoms with van der Waals surface area (Å²) in [6, 6.07) is 0.536. The van der Waals surface area contributed by atoms with E-state index in [1.807, 2.05) is 0 Å². The van der Waals surface area contributed by atoms with Gasteiger partial charge in [0.2, 0.25) is 5.91 Å². The minimum absolute atomic E-state index is 0.418. The third-order valence-electron chi connectivity index (χ3n) is 4.35. The lowest BCUT2D eigenvalue weighted by molar-refractivity contribution is -0.135. The van der Waals surface area contributed by atoms with Crippen molar-refractivity contribution in [2.45, 2.75) is 63.8 Å². The molecule has 0 aromatic rings. The molecule has 2 rings (SSSR count). The van der Waals surface area contributed by atoms with E-state index in [-0.39, 0.29) is 0 Å². The lowest BCUT2D eigenvalue weighted by Gasteiger charge is -2.36. The van der Waals surface area contributed by atoms with Gasteiger partial charge in [-0.05, 0) is 31.6 Å². The Balaban J connectivity index is 1.86. The van der Waals surface area contributed by atoms with Crippen molar-refractivity contribution in [1.82, 2.24) is 4.90 Å². The summed E-state index contributed by atoms with van der Waals surface area (Å²) in [7, 11) is 0. The molecule has 98 valence electrons. The van der Waals surface area contributed by atoms with Crippen LogP contribution in [0.5, 0.6) is 0 Å². The van der Waals surface area contributed by atoms with Crippen molar-refractivity contribution in [1.29, 1.82) is 0 Å². The van der Waals surface area contributed by atoms with Gasteiger partial charge in [-0.1, -0.05) is 41.6 Å². The van der Waals surface area contributed by atoms with E-state index in [4.69, 9.17) is 0 Å². The molecule has 17 heavy (non-hydrogen) atoms. The van der Waals surface area contributed by atoms with E-state index in [9.17, 15) is 4.79 Å². The lowest BCUT2D eigenvalue weighted by Crippen LogP contribution is -2.43. The number of hydrogen-bond acceptors (Lipinski definition) is 1. The van der Waals surface area contributed by atoms with E-state index in [1.54, 1.807) is 0 Å². The van der Waals surface area contributed by atoms with Gasteiger partial charge in [0.1, 0.15) is 0 Å². The Morgan fingerprint density at radius 1 is 1.06 bits per heavy atom. The summed E-state index contributed by atoms with van der Waals surface area (Å²) in [6.45, 7) is 0.899. The van der Waals surface area contributed by atoms with Gasteiger partial charge in [-0.3, -0.25) is 4.79 Å². The predicted octanol–water partition coefficient (Wildman–Crippen LogP) is 3.73. The first-order valence-electron chi connectivity index (χ1n) is 7.16. The van der Waals surface area contributed by atoms with Crippen LogP contribution >= 0.6 is 15.9 Å². The van der Waals surface area contributed by atoms with E-state index < -0.39 is 0 Å². The van der Waals surface area contributed by atoms with Crippen molar-refractivity contribution in [3.63, 3.8) is 0 Å². The van der Waals surface area contributed by atoms with Gasteiger partial charge in [0.05, 0.1) is 0 Å². The normalized spacial score (nSPS) is 22.2. The molecular weight excluding hydrogens is 278 g/mol. The Kier molecular flexibility index (Phi) is 5.33. The van der Waals surface area contributed by atoms with Crippen LogP contribution in [0.3, 0.4) is 0 Å². The van der Waals surface area contributed by atoms with Gasteiger partial charge in [0.15, 0.2) is 0 Å². The zero-order valence-corrected chi connectivity index (χ0v) is 12.3. The largest absolute Gasteiger partial charge is 0.339 e. The molecule has 2 fully saturated rings. The van der Waals surface area contributed by atoms with E-state index in [0.29, 0.717) is 17.9 Å². The summed E-state index contributed by atoms with van der Waals surface area (Å²) in [5, 5.41) is 0.917. The number of halogens is 1. The number of alkyl halides is 1. The number of amides is 1. The van der Waals surface area contributed by atoms with Gasteiger partial charge < -0.3 is 4.90 Å². The Bertz CT molecular complexity index is 247. The minimum Gasteiger partial charge on any atom is -0.339 e. The molecule has 0 unspecified atom stereocenters. The quantitative estimate of drug-likeness (QED) is 0.709. The molecule has 0 aromatic heterocycles. The molecular formula is C14H24BrNO. The van der Waals surface area contributed by atoms with Crippen molar-refractivity contribution in [2.24, 2.45) is 5.92 Å². The molecule has 0 heterocycles. The summed E-state index contributed by atoms with van der Waals surface area (Å²) in [6.07, 6.45) is 11.1. The first kappa shape index (κ1) is 13.4. The Hall–Kier alpha value is -0.0500. The van der Waals surface area contributed by atoms with Crippen LogP contribution in [0.25, 0.3) is 0 Å². The highest BCUT2D eigenvalue weighted by molar-refractivity contribution is 9.09. The summed E-state index contributed by atoms with van der Waals surface area (Å²) in [5.74, 6) is 1.12. The first-order valence-corrected chi connectivity index (χ1v) is 8.29. The summed E-state index contributed by atoms with van der Waals surface area (Å²) < 4.78 is 0. The number of hydrogen-bond donors (Lipinski definition) is 0. The molecule has 0 spiro atoms. The topological polar surface area (TPSA) is 20.3 Å². The number of rotatable bonds is 5. The predicted molar refractivity (Wildman–Crippen MR) is 74.3 cm³/mol. The molecule has 2 saturated carbocycles. The van der Waals surface area contributed by atoms with Gasteiger partial charge in [-0.25, -0.2) is 0 Å². The fourth-order valence-corrected chi connectivity index (χ4v) is 3.44. The van der Waals surface area contributed by atoms with Crippen molar-refractivity contribution >= 4 is 21.8 Å². The van der Waals surface area contributed by atoms with Crippen molar-refractivity contribution < 1.29 is 4.79 Å². The highest BCUT2D eigenvalue weighted by atomic mass is 79.9. The van der Waals surface area contributed by atoms with Crippen LogP contribution in [0.2, 0.25) is 0 Å². The van der Waals surface area contributed by atoms with Crippen LogP contribution < -0.4 is 0 Å². The third kappa shape index (κ3) is 3.70. The highest BCUT2D eigenvalue weighted by Gasteiger charge is 2.28. The molecule has 0 saturated heterocycles. The molecule has 1 amide bonds. The summed E-state index contributed by atoms with van der Waals surface area (Å²) in [5.41, 5.74) is 0. The Morgan fingerprint density at radius 3 is 2.29 bits per heavy atom. The fraction of sp³-hybridized carbons (Fsp3) is 0.929. The van der Waals surface area contributed by atoms with Gasteiger partial charge in [-0.2, -0.15) is 0 Å². The maximum atomic E-state index is 12.3. The molecule has 0 aromatic carbocycles. The van der Waals surface area contributed by atoms with E-state index >= 15 is 0 Å². The Morgan fingerprint density at radius 2 is 1.76 bits per heavy atom. The second-order valence-electron chi connectivity index (χ2n) is 5.57. The minimum atomic E-state index is 0.418.